The lowest BCUT2D eigenvalue weighted by Crippen LogP contribution is -2.53. The van der Waals surface area contributed by atoms with Crippen molar-refractivity contribution in [3.8, 4) is 0 Å². The van der Waals surface area contributed by atoms with Gasteiger partial charge in [0.2, 0.25) is 0 Å². The number of methoxy groups -OCH3 is 1. The van der Waals surface area contributed by atoms with E-state index in [1.165, 1.54) is 77.0 Å². The Morgan fingerprint density at radius 1 is 0.840 bits per heavy atom. The van der Waals surface area contributed by atoms with Gasteiger partial charge in [-0.15, -0.1) is 6.58 Å². The van der Waals surface area contributed by atoms with Gasteiger partial charge in [-0.3, -0.25) is 4.90 Å². The number of aliphatic hydroxyl groups is 1. The summed E-state index contributed by atoms with van der Waals surface area (Å²) in [5, 5.41) is 9.49. The van der Waals surface area contributed by atoms with Crippen LogP contribution in [0.25, 0.3) is 0 Å². The van der Waals surface area contributed by atoms with E-state index in [4.69, 9.17) is 4.74 Å². The van der Waals surface area contributed by atoms with E-state index in [0.29, 0.717) is 18.6 Å². The van der Waals surface area contributed by atoms with Crippen molar-refractivity contribution in [2.24, 2.45) is 11.8 Å². The molecule has 0 atom stereocenters. The van der Waals surface area contributed by atoms with Crippen molar-refractivity contribution < 1.29 is 9.84 Å². The molecule has 25 heavy (non-hydrogen) atoms. The van der Waals surface area contributed by atoms with Crippen LogP contribution in [-0.2, 0) is 4.74 Å². The molecule has 3 saturated carbocycles. The Kier molecular flexibility index (Phi) is 7.39. The molecule has 3 heteroatoms. The molecule has 1 N–H and O–H groups in total. The molecule has 0 saturated heterocycles. The quantitative estimate of drug-likeness (QED) is 0.715. The first-order chi connectivity index (χ1) is 12.2. The van der Waals surface area contributed by atoms with E-state index >= 15 is 0 Å². The fourth-order valence-corrected chi connectivity index (χ4v) is 5.73. The summed E-state index contributed by atoms with van der Waals surface area (Å²) in [7, 11) is 1.87. The monoisotopic (exact) mass is 349 g/mol. The smallest absolute Gasteiger partial charge is 0.0572 e. The summed E-state index contributed by atoms with van der Waals surface area (Å²) >= 11 is 0. The van der Waals surface area contributed by atoms with Crippen molar-refractivity contribution in [2.75, 3.05) is 13.7 Å². The zero-order valence-corrected chi connectivity index (χ0v) is 16.2. The van der Waals surface area contributed by atoms with Crippen molar-refractivity contribution >= 4 is 0 Å². The molecule has 0 aromatic rings. The second kappa shape index (κ2) is 9.53. The molecule has 0 spiro atoms. The molecule has 3 fully saturated rings. The SMILES string of the molecule is C=CC1CCC(N(C2CCC(CO)CC2)C2CCC(OC)CC2)CC1. The van der Waals surface area contributed by atoms with Gasteiger partial charge in [-0.2, -0.15) is 0 Å². The van der Waals surface area contributed by atoms with Crippen LogP contribution in [0.2, 0.25) is 0 Å². The molecule has 3 aliphatic carbocycles. The van der Waals surface area contributed by atoms with E-state index in [-0.39, 0.29) is 0 Å². The van der Waals surface area contributed by atoms with E-state index in [2.05, 4.69) is 17.6 Å². The minimum absolute atomic E-state index is 0.385. The third-order valence-corrected chi connectivity index (χ3v) is 7.39. The molecule has 0 aromatic carbocycles. The van der Waals surface area contributed by atoms with E-state index in [1.807, 2.05) is 7.11 Å². The van der Waals surface area contributed by atoms with Crippen LogP contribution in [0.4, 0.5) is 0 Å². The molecular weight excluding hydrogens is 310 g/mol. The largest absolute Gasteiger partial charge is 0.396 e. The van der Waals surface area contributed by atoms with Gasteiger partial charge in [0.1, 0.15) is 0 Å². The molecule has 0 radical (unpaired) electrons. The molecular formula is C22H39NO2. The normalized spacial score (nSPS) is 40.1. The molecule has 0 amide bonds. The van der Waals surface area contributed by atoms with Crippen LogP contribution >= 0.6 is 0 Å². The van der Waals surface area contributed by atoms with Crippen molar-refractivity contribution in [1.29, 1.82) is 0 Å². The van der Waals surface area contributed by atoms with Crippen LogP contribution in [-0.4, -0.2) is 48.0 Å². The highest BCUT2D eigenvalue weighted by atomic mass is 16.5. The Bertz CT molecular complexity index is 365. The standard InChI is InChI=1S/C22H39NO2/c1-3-17-4-8-19(9-5-17)23(20-10-6-18(16-24)7-11-20)21-12-14-22(25-2)15-13-21/h3,17-22,24H,1,4-16H2,2H3. The summed E-state index contributed by atoms with van der Waals surface area (Å²) in [6, 6.07) is 2.28. The number of aliphatic hydroxyl groups excluding tert-OH is 1. The molecule has 0 aliphatic heterocycles. The van der Waals surface area contributed by atoms with E-state index in [0.717, 1.165) is 24.0 Å². The number of nitrogens with zero attached hydrogens (tertiary/aromatic N) is 1. The first-order valence-corrected chi connectivity index (χ1v) is 10.8. The van der Waals surface area contributed by atoms with Crippen molar-refractivity contribution in [2.45, 2.75) is 101 Å². The fourth-order valence-electron chi connectivity index (χ4n) is 5.73. The molecule has 0 heterocycles. The van der Waals surface area contributed by atoms with Crippen molar-refractivity contribution in [1.82, 2.24) is 4.90 Å². The Hall–Kier alpha value is -0.380. The second-order valence-electron chi connectivity index (χ2n) is 8.77. The Morgan fingerprint density at radius 2 is 1.32 bits per heavy atom. The number of ether oxygens (including phenoxy) is 1. The van der Waals surface area contributed by atoms with Gasteiger partial charge in [-0.25, -0.2) is 0 Å². The molecule has 3 nitrogen and oxygen atoms in total. The first-order valence-electron chi connectivity index (χ1n) is 10.8. The Balaban J connectivity index is 1.65. The highest BCUT2D eigenvalue weighted by Crippen LogP contribution is 2.38. The summed E-state index contributed by atoms with van der Waals surface area (Å²) in [4.78, 5) is 2.97. The maximum atomic E-state index is 9.49. The van der Waals surface area contributed by atoms with Crippen LogP contribution in [0.5, 0.6) is 0 Å². The van der Waals surface area contributed by atoms with Gasteiger partial charge in [-0.1, -0.05) is 6.08 Å². The van der Waals surface area contributed by atoms with Gasteiger partial charge in [0, 0.05) is 31.8 Å². The third-order valence-electron chi connectivity index (χ3n) is 7.39. The van der Waals surface area contributed by atoms with Gasteiger partial charge in [0.05, 0.1) is 6.10 Å². The number of hydrogen-bond donors (Lipinski definition) is 1. The zero-order valence-electron chi connectivity index (χ0n) is 16.2. The van der Waals surface area contributed by atoms with Crippen LogP contribution < -0.4 is 0 Å². The molecule has 0 aromatic heterocycles. The molecule has 3 aliphatic rings. The summed E-state index contributed by atoms with van der Waals surface area (Å²) in [5.74, 6) is 1.30. The second-order valence-corrected chi connectivity index (χ2v) is 8.77. The summed E-state index contributed by atoms with van der Waals surface area (Å²) in [6.45, 7) is 4.40. The molecule has 0 bridgehead atoms. The van der Waals surface area contributed by atoms with Crippen LogP contribution in [0.15, 0.2) is 12.7 Å². The highest BCUT2D eigenvalue weighted by Gasteiger charge is 2.37. The minimum atomic E-state index is 0.385. The highest BCUT2D eigenvalue weighted by molar-refractivity contribution is 4.94. The van der Waals surface area contributed by atoms with Crippen molar-refractivity contribution in [3.05, 3.63) is 12.7 Å². The zero-order chi connectivity index (χ0) is 17.6. The lowest BCUT2D eigenvalue weighted by Gasteiger charge is -2.49. The predicted octanol–water partition coefficient (Wildman–Crippen LogP) is 4.54. The lowest BCUT2D eigenvalue weighted by atomic mass is 9.79. The first kappa shape index (κ1) is 19.4. The minimum Gasteiger partial charge on any atom is -0.396 e. The number of rotatable bonds is 6. The van der Waals surface area contributed by atoms with Gasteiger partial charge in [0.15, 0.2) is 0 Å². The Labute approximate surface area is 154 Å². The number of hydrogen-bond acceptors (Lipinski definition) is 3. The third kappa shape index (κ3) is 4.87. The average molecular weight is 350 g/mol. The van der Waals surface area contributed by atoms with Gasteiger partial charge < -0.3 is 9.84 Å². The van der Waals surface area contributed by atoms with Crippen LogP contribution in [0, 0.1) is 11.8 Å². The van der Waals surface area contributed by atoms with Gasteiger partial charge >= 0.3 is 0 Å². The van der Waals surface area contributed by atoms with Crippen LogP contribution in [0.1, 0.15) is 77.0 Å². The van der Waals surface area contributed by atoms with E-state index < -0.39 is 0 Å². The van der Waals surface area contributed by atoms with Gasteiger partial charge in [-0.05, 0) is 88.9 Å². The topological polar surface area (TPSA) is 32.7 Å². The Morgan fingerprint density at radius 3 is 1.76 bits per heavy atom. The summed E-state index contributed by atoms with van der Waals surface area (Å²) in [6.07, 6.45) is 18.1. The predicted molar refractivity (Wildman–Crippen MR) is 104 cm³/mol. The summed E-state index contributed by atoms with van der Waals surface area (Å²) < 4.78 is 5.61. The maximum absolute atomic E-state index is 9.49. The summed E-state index contributed by atoms with van der Waals surface area (Å²) in [5.41, 5.74) is 0. The molecule has 0 unspecified atom stereocenters. The molecule has 3 rings (SSSR count). The van der Waals surface area contributed by atoms with E-state index in [1.54, 1.807) is 0 Å². The van der Waals surface area contributed by atoms with Crippen molar-refractivity contribution in [3.63, 3.8) is 0 Å². The van der Waals surface area contributed by atoms with E-state index in [9.17, 15) is 5.11 Å². The van der Waals surface area contributed by atoms with Crippen LogP contribution in [0.3, 0.4) is 0 Å². The fraction of sp³-hybridized carbons (Fsp3) is 0.909. The van der Waals surface area contributed by atoms with Gasteiger partial charge in [0.25, 0.3) is 0 Å². The maximum Gasteiger partial charge on any atom is 0.0572 e. The number of allylic oxidation sites excluding steroid dienone is 1. The lowest BCUT2D eigenvalue weighted by molar-refractivity contribution is -0.0179. The molecule has 144 valence electrons. The average Bonchev–Trinajstić information content (AvgIpc) is 2.70.